The summed E-state index contributed by atoms with van der Waals surface area (Å²) in [5.74, 6) is 0.588. The number of rotatable bonds is 5. The van der Waals surface area contributed by atoms with E-state index in [4.69, 9.17) is 4.74 Å². The van der Waals surface area contributed by atoms with Crippen LogP contribution >= 0.6 is 11.3 Å². The first-order valence-electron chi connectivity index (χ1n) is 6.63. The van der Waals surface area contributed by atoms with Crippen molar-refractivity contribution in [1.29, 1.82) is 0 Å². The second-order valence-corrected chi connectivity index (χ2v) is 6.25. The average molecular weight is 309 g/mol. The number of halogens is 3. The van der Waals surface area contributed by atoms with Crippen LogP contribution in [0.5, 0.6) is 0 Å². The van der Waals surface area contributed by atoms with E-state index in [0.29, 0.717) is 42.1 Å². The minimum absolute atomic E-state index is 0.0759. The van der Waals surface area contributed by atoms with Gasteiger partial charge in [-0.1, -0.05) is 25.2 Å². The summed E-state index contributed by atoms with van der Waals surface area (Å²) in [6.07, 6.45) is -2.53. The molecule has 1 aromatic heterocycles. The first-order chi connectivity index (χ1) is 9.36. The topological polar surface area (TPSA) is 38.2 Å². The third-order valence-electron chi connectivity index (χ3n) is 3.12. The molecule has 0 saturated carbocycles. The largest absolute Gasteiger partial charge is 0.445 e. The molecule has 0 aliphatic carbocycles. The Kier molecular flexibility index (Phi) is 4.85. The third-order valence-corrected chi connectivity index (χ3v) is 4.15. The van der Waals surface area contributed by atoms with Crippen molar-refractivity contribution >= 4 is 16.5 Å². The molecule has 1 fully saturated rings. The Morgan fingerprint density at radius 1 is 1.40 bits per heavy atom. The van der Waals surface area contributed by atoms with Gasteiger partial charge in [0, 0.05) is 19.7 Å². The van der Waals surface area contributed by atoms with Crippen LogP contribution in [0.15, 0.2) is 0 Å². The SMILES string of the molecule is CC(C)CCOC1CCN(c2nnc(C(F)(F)F)s2)C1. The van der Waals surface area contributed by atoms with E-state index in [1.54, 1.807) is 0 Å². The molecule has 8 heteroatoms. The summed E-state index contributed by atoms with van der Waals surface area (Å²) in [4.78, 5) is 1.81. The van der Waals surface area contributed by atoms with Crippen molar-refractivity contribution < 1.29 is 17.9 Å². The quantitative estimate of drug-likeness (QED) is 0.837. The second-order valence-electron chi connectivity index (χ2n) is 5.30. The zero-order chi connectivity index (χ0) is 14.8. The van der Waals surface area contributed by atoms with Crippen LogP contribution < -0.4 is 4.90 Å². The molecule has 0 N–H and O–H groups in total. The molecule has 0 aromatic carbocycles. The van der Waals surface area contributed by atoms with Gasteiger partial charge in [0.1, 0.15) is 0 Å². The summed E-state index contributed by atoms with van der Waals surface area (Å²) in [5.41, 5.74) is 0. The van der Waals surface area contributed by atoms with Gasteiger partial charge < -0.3 is 9.64 Å². The number of nitrogens with zero attached hydrogens (tertiary/aromatic N) is 3. The Morgan fingerprint density at radius 2 is 2.15 bits per heavy atom. The molecule has 1 unspecified atom stereocenters. The monoisotopic (exact) mass is 309 g/mol. The van der Waals surface area contributed by atoms with Crippen molar-refractivity contribution in [1.82, 2.24) is 10.2 Å². The maximum Gasteiger partial charge on any atom is 0.445 e. The number of hydrogen-bond acceptors (Lipinski definition) is 5. The third kappa shape index (κ3) is 4.05. The maximum absolute atomic E-state index is 12.5. The number of ether oxygens (including phenoxy) is 1. The zero-order valence-corrected chi connectivity index (χ0v) is 12.3. The molecule has 0 spiro atoms. The molecule has 1 aliphatic heterocycles. The van der Waals surface area contributed by atoms with Crippen LogP contribution in [0, 0.1) is 5.92 Å². The van der Waals surface area contributed by atoms with Gasteiger partial charge >= 0.3 is 6.18 Å². The van der Waals surface area contributed by atoms with Crippen molar-refractivity contribution in [3.8, 4) is 0 Å². The summed E-state index contributed by atoms with van der Waals surface area (Å²) < 4.78 is 43.1. The molecule has 1 aromatic rings. The number of aromatic nitrogens is 2. The highest BCUT2D eigenvalue weighted by Gasteiger charge is 2.37. The Labute approximate surface area is 119 Å². The highest BCUT2D eigenvalue weighted by molar-refractivity contribution is 7.15. The van der Waals surface area contributed by atoms with Crippen LogP contribution in [0.4, 0.5) is 18.3 Å². The van der Waals surface area contributed by atoms with E-state index < -0.39 is 11.2 Å². The van der Waals surface area contributed by atoms with E-state index in [0.717, 1.165) is 12.8 Å². The molecule has 20 heavy (non-hydrogen) atoms. The van der Waals surface area contributed by atoms with Crippen molar-refractivity contribution in [2.45, 2.75) is 39.0 Å². The first-order valence-corrected chi connectivity index (χ1v) is 7.45. The van der Waals surface area contributed by atoms with Gasteiger partial charge in [0.2, 0.25) is 10.1 Å². The summed E-state index contributed by atoms with van der Waals surface area (Å²) in [6, 6.07) is 0. The maximum atomic E-state index is 12.5. The molecule has 0 amide bonds. The molecular weight excluding hydrogens is 291 g/mol. The van der Waals surface area contributed by atoms with Crippen LogP contribution in [-0.4, -0.2) is 36.0 Å². The van der Waals surface area contributed by atoms with Crippen molar-refractivity contribution in [2.75, 3.05) is 24.6 Å². The fraction of sp³-hybridized carbons (Fsp3) is 0.833. The predicted octanol–water partition coefficient (Wildman–Crippen LogP) is 3.20. The molecule has 0 bridgehead atoms. The Balaban J connectivity index is 1.85. The van der Waals surface area contributed by atoms with Crippen LogP contribution in [0.25, 0.3) is 0 Å². The normalized spacial score (nSPS) is 20.1. The fourth-order valence-corrected chi connectivity index (χ4v) is 2.71. The number of alkyl halides is 3. The smallest absolute Gasteiger partial charge is 0.376 e. The van der Waals surface area contributed by atoms with E-state index in [9.17, 15) is 13.2 Å². The summed E-state index contributed by atoms with van der Waals surface area (Å²) in [5, 5.41) is 6.26. The predicted molar refractivity (Wildman–Crippen MR) is 70.9 cm³/mol. The zero-order valence-electron chi connectivity index (χ0n) is 11.5. The molecule has 2 heterocycles. The molecule has 1 aliphatic rings. The van der Waals surface area contributed by atoms with Gasteiger partial charge in [0.05, 0.1) is 6.10 Å². The van der Waals surface area contributed by atoms with E-state index in [2.05, 4.69) is 24.0 Å². The molecule has 2 rings (SSSR count). The van der Waals surface area contributed by atoms with Crippen molar-refractivity contribution in [3.05, 3.63) is 5.01 Å². The molecular formula is C12H18F3N3OS. The summed E-state index contributed by atoms with van der Waals surface area (Å²) in [6.45, 7) is 6.21. The van der Waals surface area contributed by atoms with Crippen LogP contribution in [0.1, 0.15) is 31.7 Å². The van der Waals surface area contributed by atoms with E-state index >= 15 is 0 Å². The van der Waals surface area contributed by atoms with Crippen molar-refractivity contribution in [2.24, 2.45) is 5.92 Å². The van der Waals surface area contributed by atoms with Gasteiger partial charge in [-0.05, 0) is 18.8 Å². The Hall–Kier alpha value is -0.890. The lowest BCUT2D eigenvalue weighted by Gasteiger charge is -2.15. The minimum Gasteiger partial charge on any atom is -0.376 e. The number of anilines is 1. The summed E-state index contributed by atoms with van der Waals surface area (Å²) in [7, 11) is 0. The van der Waals surface area contributed by atoms with Gasteiger partial charge in [-0.2, -0.15) is 13.2 Å². The Morgan fingerprint density at radius 3 is 2.75 bits per heavy atom. The standard InChI is InChI=1S/C12H18F3N3OS/c1-8(2)4-6-19-9-3-5-18(7-9)11-17-16-10(20-11)12(13,14)15/h8-9H,3-7H2,1-2H3. The first kappa shape index (κ1) is 15.5. The molecule has 1 saturated heterocycles. The lowest BCUT2D eigenvalue weighted by Crippen LogP contribution is -2.23. The lowest BCUT2D eigenvalue weighted by molar-refractivity contribution is -0.138. The van der Waals surface area contributed by atoms with Crippen molar-refractivity contribution in [3.63, 3.8) is 0 Å². The Bertz CT molecular complexity index is 436. The summed E-state index contributed by atoms with van der Waals surface area (Å²) >= 11 is 0.591. The van der Waals surface area contributed by atoms with Gasteiger partial charge in [-0.15, -0.1) is 10.2 Å². The van der Waals surface area contributed by atoms with Gasteiger partial charge in [-0.25, -0.2) is 0 Å². The lowest BCUT2D eigenvalue weighted by atomic mass is 10.1. The second kappa shape index (κ2) is 6.26. The van der Waals surface area contributed by atoms with E-state index in [1.165, 1.54) is 0 Å². The van der Waals surface area contributed by atoms with Crippen LogP contribution in [0.2, 0.25) is 0 Å². The van der Waals surface area contributed by atoms with Gasteiger partial charge in [-0.3, -0.25) is 0 Å². The van der Waals surface area contributed by atoms with Crippen LogP contribution in [0.3, 0.4) is 0 Å². The van der Waals surface area contributed by atoms with Gasteiger partial charge in [0.25, 0.3) is 0 Å². The molecule has 1 atom stereocenters. The highest BCUT2D eigenvalue weighted by Crippen LogP contribution is 2.35. The molecule has 114 valence electrons. The molecule has 4 nitrogen and oxygen atoms in total. The van der Waals surface area contributed by atoms with E-state index in [-0.39, 0.29) is 6.10 Å². The highest BCUT2D eigenvalue weighted by atomic mass is 32.1. The van der Waals surface area contributed by atoms with E-state index in [1.807, 2.05) is 4.90 Å². The average Bonchev–Trinajstić information content (AvgIpc) is 2.94. The fourth-order valence-electron chi connectivity index (χ4n) is 1.97. The minimum atomic E-state index is -4.41. The van der Waals surface area contributed by atoms with Crippen LogP contribution in [-0.2, 0) is 10.9 Å². The molecule has 0 radical (unpaired) electrons. The number of hydrogen-bond donors (Lipinski definition) is 0. The van der Waals surface area contributed by atoms with Gasteiger partial charge in [0.15, 0.2) is 0 Å².